The number of hydrogen-bond donors (Lipinski definition) is 2. The summed E-state index contributed by atoms with van der Waals surface area (Å²) in [5.41, 5.74) is 7.01. The molecule has 150 valence electrons. The van der Waals surface area contributed by atoms with Crippen LogP contribution in [-0.4, -0.2) is 39.7 Å². The van der Waals surface area contributed by atoms with E-state index in [0.717, 1.165) is 5.56 Å². The van der Waals surface area contributed by atoms with E-state index in [4.69, 9.17) is 10.2 Å². The zero-order chi connectivity index (χ0) is 20.6. The molecule has 9 heteroatoms. The predicted octanol–water partition coefficient (Wildman–Crippen LogP) is 3.21. The van der Waals surface area contributed by atoms with E-state index in [2.05, 4.69) is 15.4 Å². The van der Waals surface area contributed by atoms with Gasteiger partial charge in [0.15, 0.2) is 5.65 Å². The maximum atomic E-state index is 13.5. The van der Waals surface area contributed by atoms with E-state index in [0.29, 0.717) is 28.2 Å². The highest BCUT2D eigenvalue weighted by molar-refractivity contribution is 6.06. The highest BCUT2D eigenvalue weighted by Gasteiger charge is 2.28. The zero-order valence-electron chi connectivity index (χ0n) is 16.2. The van der Waals surface area contributed by atoms with E-state index in [1.165, 1.54) is 6.20 Å². The van der Waals surface area contributed by atoms with Gasteiger partial charge in [-0.15, -0.1) is 0 Å². The largest absolute Gasteiger partial charge is 0.466 e. The van der Waals surface area contributed by atoms with E-state index in [1.54, 1.807) is 17.7 Å². The standard InChI is InChI=1S/C19H23F2N5O2/c1-10(2)26-17-15(7-24-26)14(18(27)23-9-19(20,21)8-22)6-16(25-17)13-5-11(3)28-12(13)4/h5-7,10H,8-9,22H2,1-4H3,(H,23,27). The van der Waals surface area contributed by atoms with E-state index >= 15 is 0 Å². The number of nitrogens with two attached hydrogens (primary N) is 1. The summed E-state index contributed by atoms with van der Waals surface area (Å²) >= 11 is 0. The molecule has 1 amide bonds. The van der Waals surface area contributed by atoms with E-state index in [1.807, 2.05) is 26.8 Å². The molecule has 0 saturated carbocycles. The number of amides is 1. The molecule has 0 aliphatic carbocycles. The number of rotatable bonds is 6. The van der Waals surface area contributed by atoms with E-state index < -0.39 is 24.9 Å². The Morgan fingerprint density at radius 2 is 2.07 bits per heavy atom. The number of pyridine rings is 1. The number of halogens is 2. The first kappa shape index (κ1) is 19.9. The number of hydrogen-bond acceptors (Lipinski definition) is 5. The molecule has 0 bridgehead atoms. The average Bonchev–Trinajstić information content (AvgIpc) is 3.21. The summed E-state index contributed by atoms with van der Waals surface area (Å²) in [7, 11) is 0. The van der Waals surface area contributed by atoms with E-state index in [9.17, 15) is 13.6 Å². The third-order valence-corrected chi connectivity index (χ3v) is 4.42. The lowest BCUT2D eigenvalue weighted by Gasteiger charge is -2.15. The molecule has 3 heterocycles. The molecule has 28 heavy (non-hydrogen) atoms. The summed E-state index contributed by atoms with van der Waals surface area (Å²) in [5, 5.41) is 7.06. The van der Waals surface area contributed by atoms with Crippen molar-refractivity contribution in [2.45, 2.75) is 39.7 Å². The van der Waals surface area contributed by atoms with Crippen LogP contribution in [0.4, 0.5) is 8.78 Å². The van der Waals surface area contributed by atoms with Crippen LogP contribution in [0.5, 0.6) is 0 Å². The summed E-state index contributed by atoms with van der Waals surface area (Å²) in [6.07, 6.45) is 1.52. The second-order valence-corrected chi connectivity index (χ2v) is 7.04. The van der Waals surface area contributed by atoms with Gasteiger partial charge in [-0.3, -0.25) is 4.79 Å². The number of aromatic nitrogens is 3. The first-order valence-corrected chi connectivity index (χ1v) is 8.94. The number of carbonyl (C=O) groups excluding carboxylic acids is 1. The molecule has 3 aromatic rings. The van der Waals surface area contributed by atoms with Crippen LogP contribution in [0.3, 0.4) is 0 Å². The van der Waals surface area contributed by atoms with Crippen molar-refractivity contribution < 1.29 is 18.0 Å². The number of nitrogens with zero attached hydrogens (tertiary/aromatic N) is 3. The van der Waals surface area contributed by atoms with Crippen molar-refractivity contribution in [2.24, 2.45) is 5.73 Å². The number of fused-ring (bicyclic) bond motifs is 1. The minimum absolute atomic E-state index is 0.00455. The van der Waals surface area contributed by atoms with Gasteiger partial charge in [0, 0.05) is 11.6 Å². The number of furan rings is 1. The van der Waals surface area contributed by atoms with Gasteiger partial charge in [0.05, 0.1) is 35.9 Å². The second-order valence-electron chi connectivity index (χ2n) is 7.04. The lowest BCUT2D eigenvalue weighted by Crippen LogP contribution is -2.41. The van der Waals surface area contributed by atoms with Crippen LogP contribution in [0.1, 0.15) is 41.8 Å². The fourth-order valence-electron chi connectivity index (χ4n) is 2.98. The fourth-order valence-corrected chi connectivity index (χ4v) is 2.98. The van der Waals surface area contributed by atoms with Gasteiger partial charge in [-0.25, -0.2) is 18.4 Å². The maximum Gasteiger partial charge on any atom is 0.277 e. The average molecular weight is 391 g/mol. The van der Waals surface area contributed by atoms with Crippen LogP contribution in [0.15, 0.2) is 22.7 Å². The van der Waals surface area contributed by atoms with Gasteiger partial charge in [-0.05, 0) is 39.8 Å². The minimum atomic E-state index is -3.18. The number of alkyl halides is 2. The van der Waals surface area contributed by atoms with Crippen molar-refractivity contribution in [2.75, 3.05) is 13.1 Å². The zero-order valence-corrected chi connectivity index (χ0v) is 16.2. The van der Waals surface area contributed by atoms with Gasteiger partial charge in [-0.2, -0.15) is 5.10 Å². The summed E-state index contributed by atoms with van der Waals surface area (Å²) in [6, 6.07) is 3.40. The predicted molar refractivity (Wildman–Crippen MR) is 101 cm³/mol. The smallest absolute Gasteiger partial charge is 0.277 e. The molecule has 0 unspecified atom stereocenters. The molecule has 3 aromatic heterocycles. The van der Waals surface area contributed by atoms with Crippen molar-refractivity contribution in [1.29, 1.82) is 0 Å². The van der Waals surface area contributed by atoms with Gasteiger partial charge in [0.25, 0.3) is 11.8 Å². The number of aryl methyl sites for hydroxylation is 2. The number of carbonyl (C=O) groups is 1. The molecule has 3 N–H and O–H groups in total. The monoisotopic (exact) mass is 391 g/mol. The topological polar surface area (TPSA) is 99.0 Å². The van der Waals surface area contributed by atoms with Gasteiger partial charge in [0.2, 0.25) is 0 Å². The van der Waals surface area contributed by atoms with Crippen LogP contribution in [-0.2, 0) is 0 Å². The van der Waals surface area contributed by atoms with Gasteiger partial charge < -0.3 is 15.5 Å². The quantitative estimate of drug-likeness (QED) is 0.672. The Kier molecular flexibility index (Phi) is 5.20. The van der Waals surface area contributed by atoms with Crippen LogP contribution in [0, 0.1) is 13.8 Å². The molecular formula is C19H23F2N5O2. The van der Waals surface area contributed by atoms with Crippen LogP contribution < -0.4 is 11.1 Å². The summed E-state index contributed by atoms with van der Waals surface area (Å²) in [5.74, 6) is -2.45. The third kappa shape index (κ3) is 3.75. The molecule has 0 aliphatic heterocycles. The summed E-state index contributed by atoms with van der Waals surface area (Å²) in [4.78, 5) is 17.4. The molecule has 0 spiro atoms. The Hall–Kier alpha value is -2.81. The lowest BCUT2D eigenvalue weighted by atomic mass is 10.1. The van der Waals surface area contributed by atoms with Gasteiger partial charge in [-0.1, -0.05) is 0 Å². The molecule has 3 rings (SSSR count). The number of nitrogens with one attached hydrogen (secondary N) is 1. The molecule has 0 fully saturated rings. The SMILES string of the molecule is Cc1cc(-c2cc(C(=O)NCC(F)(F)CN)c3cnn(C(C)C)c3n2)c(C)o1. The van der Waals surface area contributed by atoms with E-state index in [-0.39, 0.29) is 11.6 Å². The normalized spacial score (nSPS) is 12.1. The molecule has 0 atom stereocenters. The Morgan fingerprint density at radius 1 is 1.36 bits per heavy atom. The minimum Gasteiger partial charge on any atom is -0.466 e. The van der Waals surface area contributed by atoms with Crippen molar-refractivity contribution in [3.05, 3.63) is 35.4 Å². The third-order valence-electron chi connectivity index (χ3n) is 4.42. The maximum absolute atomic E-state index is 13.5. The first-order chi connectivity index (χ1) is 13.1. The highest BCUT2D eigenvalue weighted by atomic mass is 19.3. The lowest BCUT2D eigenvalue weighted by molar-refractivity contribution is 0.0119. The summed E-state index contributed by atoms with van der Waals surface area (Å²) in [6.45, 7) is 5.81. The second kappa shape index (κ2) is 7.31. The van der Waals surface area contributed by atoms with Crippen LogP contribution in [0.2, 0.25) is 0 Å². The van der Waals surface area contributed by atoms with Crippen molar-refractivity contribution >= 4 is 16.9 Å². The molecular weight excluding hydrogens is 368 g/mol. The molecule has 0 saturated heterocycles. The van der Waals surface area contributed by atoms with Gasteiger partial charge in [0.1, 0.15) is 11.5 Å². The van der Waals surface area contributed by atoms with Crippen LogP contribution in [0.25, 0.3) is 22.3 Å². The van der Waals surface area contributed by atoms with Crippen LogP contribution >= 0.6 is 0 Å². The molecule has 0 aliphatic rings. The van der Waals surface area contributed by atoms with Crippen molar-refractivity contribution in [3.8, 4) is 11.3 Å². The Balaban J connectivity index is 2.12. The Bertz CT molecular complexity index is 1020. The Labute approximate surface area is 160 Å². The van der Waals surface area contributed by atoms with Crippen molar-refractivity contribution in [1.82, 2.24) is 20.1 Å². The summed E-state index contributed by atoms with van der Waals surface area (Å²) < 4.78 is 34.2. The fraction of sp³-hybridized carbons (Fsp3) is 0.421. The molecule has 0 aromatic carbocycles. The van der Waals surface area contributed by atoms with Crippen molar-refractivity contribution in [3.63, 3.8) is 0 Å². The first-order valence-electron chi connectivity index (χ1n) is 8.94. The Morgan fingerprint density at radius 3 is 2.64 bits per heavy atom. The molecule has 0 radical (unpaired) electrons. The molecule has 7 nitrogen and oxygen atoms in total. The van der Waals surface area contributed by atoms with Gasteiger partial charge >= 0.3 is 0 Å². The highest BCUT2D eigenvalue weighted by Crippen LogP contribution is 2.30.